The molecule has 1 spiro atoms. The predicted octanol–water partition coefficient (Wildman–Crippen LogP) is 2.30. The van der Waals surface area contributed by atoms with Crippen molar-refractivity contribution in [3.8, 4) is 0 Å². The van der Waals surface area contributed by atoms with Crippen LogP contribution in [0.25, 0.3) is 0 Å². The zero-order valence-corrected chi connectivity index (χ0v) is 13.2. The molecule has 0 bridgehead atoms. The van der Waals surface area contributed by atoms with Crippen LogP contribution in [-0.2, 0) is 9.53 Å². The van der Waals surface area contributed by atoms with Gasteiger partial charge in [0, 0.05) is 12.1 Å². The van der Waals surface area contributed by atoms with Crippen molar-refractivity contribution in [3.05, 3.63) is 11.6 Å². The third-order valence-corrected chi connectivity index (χ3v) is 4.91. The van der Waals surface area contributed by atoms with Gasteiger partial charge in [0.15, 0.2) is 11.4 Å². The number of ketones is 1. The third kappa shape index (κ3) is 1.46. The summed E-state index contributed by atoms with van der Waals surface area (Å²) in [4.78, 5) is 13.3. The monoisotopic (exact) mass is 276 g/mol. The standard InChI is InChI=1S/C16H24N2O2/c1-13(2,3)11-7-10-8-17-18-16(10,14(4,5)6)12(19)15(11)9-20-15/h7-8,10,18H,9H2,1-6H3. The molecular weight excluding hydrogens is 252 g/mol. The lowest BCUT2D eigenvalue weighted by Gasteiger charge is -2.48. The molecule has 110 valence electrons. The van der Waals surface area contributed by atoms with Crippen molar-refractivity contribution in [2.24, 2.45) is 21.8 Å². The molecule has 1 N–H and O–H groups in total. The molecule has 3 aliphatic rings. The number of carbonyl (C=O) groups is 1. The molecule has 1 aliphatic carbocycles. The van der Waals surface area contributed by atoms with E-state index >= 15 is 0 Å². The normalized spacial score (nSPS) is 39.6. The van der Waals surface area contributed by atoms with Crippen LogP contribution in [0.4, 0.5) is 0 Å². The summed E-state index contributed by atoms with van der Waals surface area (Å²) >= 11 is 0. The van der Waals surface area contributed by atoms with E-state index in [1.807, 2.05) is 6.21 Å². The fraction of sp³-hybridized carbons (Fsp3) is 0.750. The quantitative estimate of drug-likeness (QED) is 0.545. The van der Waals surface area contributed by atoms with E-state index in [0.29, 0.717) is 6.61 Å². The van der Waals surface area contributed by atoms with Gasteiger partial charge in [-0.1, -0.05) is 47.6 Å². The maximum absolute atomic E-state index is 13.3. The number of fused-ring (bicyclic) bond motifs is 1. The second-order valence-electron chi connectivity index (χ2n) is 8.25. The number of carbonyl (C=O) groups excluding carboxylic acids is 1. The SMILES string of the molecule is CC(C)(C)C1=CC2C=NNC2(C(C)(C)C)C(=O)C12CO2. The molecule has 2 heterocycles. The van der Waals surface area contributed by atoms with Crippen LogP contribution in [-0.4, -0.2) is 29.7 Å². The number of nitrogens with zero attached hydrogens (tertiary/aromatic N) is 1. The van der Waals surface area contributed by atoms with Crippen LogP contribution in [0.1, 0.15) is 41.5 Å². The van der Waals surface area contributed by atoms with E-state index in [4.69, 9.17) is 4.74 Å². The molecule has 4 nitrogen and oxygen atoms in total. The fourth-order valence-electron chi connectivity index (χ4n) is 3.75. The lowest BCUT2D eigenvalue weighted by molar-refractivity contribution is -0.136. The van der Waals surface area contributed by atoms with E-state index < -0.39 is 11.1 Å². The zero-order valence-electron chi connectivity index (χ0n) is 13.2. The van der Waals surface area contributed by atoms with Crippen LogP contribution in [0.15, 0.2) is 16.8 Å². The first kappa shape index (κ1) is 13.8. The van der Waals surface area contributed by atoms with Gasteiger partial charge >= 0.3 is 0 Å². The van der Waals surface area contributed by atoms with Crippen LogP contribution in [0, 0.1) is 16.7 Å². The van der Waals surface area contributed by atoms with Crippen LogP contribution < -0.4 is 5.43 Å². The number of nitrogens with one attached hydrogen (secondary N) is 1. The summed E-state index contributed by atoms with van der Waals surface area (Å²) in [5.74, 6) is 0.145. The smallest absolute Gasteiger partial charge is 0.199 e. The Bertz CT molecular complexity index is 530. The zero-order chi connectivity index (χ0) is 15.0. The summed E-state index contributed by atoms with van der Waals surface area (Å²) in [5.41, 5.74) is 2.52. The van der Waals surface area contributed by atoms with Crippen molar-refractivity contribution >= 4 is 12.0 Å². The van der Waals surface area contributed by atoms with Gasteiger partial charge in [-0.2, -0.15) is 5.10 Å². The summed E-state index contributed by atoms with van der Waals surface area (Å²) in [6, 6.07) is 0. The van der Waals surface area contributed by atoms with E-state index in [2.05, 4.69) is 58.1 Å². The minimum atomic E-state index is -0.720. The lowest BCUT2D eigenvalue weighted by Crippen LogP contribution is -2.67. The number of rotatable bonds is 0. The van der Waals surface area contributed by atoms with E-state index in [1.54, 1.807) is 0 Å². The molecule has 4 heteroatoms. The largest absolute Gasteiger partial charge is 0.356 e. The first-order valence-corrected chi connectivity index (χ1v) is 7.28. The maximum atomic E-state index is 13.3. The highest BCUT2D eigenvalue weighted by molar-refractivity contribution is 6.06. The van der Waals surface area contributed by atoms with Crippen molar-refractivity contribution < 1.29 is 9.53 Å². The number of hydrogen-bond acceptors (Lipinski definition) is 4. The predicted molar refractivity (Wildman–Crippen MR) is 78.5 cm³/mol. The molecule has 20 heavy (non-hydrogen) atoms. The Morgan fingerprint density at radius 3 is 2.35 bits per heavy atom. The summed E-state index contributed by atoms with van der Waals surface area (Å²) < 4.78 is 5.70. The highest BCUT2D eigenvalue weighted by Gasteiger charge is 2.71. The van der Waals surface area contributed by atoms with E-state index in [1.165, 1.54) is 0 Å². The Morgan fingerprint density at radius 1 is 1.30 bits per heavy atom. The molecule has 0 radical (unpaired) electrons. The van der Waals surface area contributed by atoms with Gasteiger partial charge in [0.2, 0.25) is 0 Å². The number of hydrazone groups is 1. The van der Waals surface area contributed by atoms with Gasteiger partial charge in [-0.3, -0.25) is 10.2 Å². The van der Waals surface area contributed by atoms with Gasteiger partial charge in [-0.25, -0.2) is 0 Å². The Labute approximate surface area is 120 Å². The van der Waals surface area contributed by atoms with Crippen molar-refractivity contribution in [2.45, 2.75) is 52.7 Å². The molecule has 1 saturated heterocycles. The number of epoxide rings is 1. The van der Waals surface area contributed by atoms with Gasteiger partial charge < -0.3 is 4.74 Å². The van der Waals surface area contributed by atoms with E-state index in [9.17, 15) is 4.79 Å². The summed E-state index contributed by atoms with van der Waals surface area (Å²) in [5, 5.41) is 4.23. The van der Waals surface area contributed by atoms with Crippen molar-refractivity contribution in [2.75, 3.05) is 6.61 Å². The van der Waals surface area contributed by atoms with Gasteiger partial charge in [0.05, 0.1) is 6.61 Å². The summed E-state index contributed by atoms with van der Waals surface area (Å²) in [7, 11) is 0. The molecule has 0 aromatic carbocycles. The minimum Gasteiger partial charge on any atom is -0.356 e. The van der Waals surface area contributed by atoms with Crippen molar-refractivity contribution in [1.29, 1.82) is 0 Å². The van der Waals surface area contributed by atoms with Crippen LogP contribution in [0.5, 0.6) is 0 Å². The Kier molecular flexibility index (Phi) is 2.44. The van der Waals surface area contributed by atoms with Gasteiger partial charge in [0.25, 0.3) is 0 Å². The van der Waals surface area contributed by atoms with E-state index in [0.717, 1.165) is 5.57 Å². The van der Waals surface area contributed by atoms with Crippen LogP contribution in [0.3, 0.4) is 0 Å². The van der Waals surface area contributed by atoms with Gasteiger partial charge in [-0.05, 0) is 16.4 Å². The van der Waals surface area contributed by atoms with Crippen molar-refractivity contribution in [1.82, 2.24) is 5.43 Å². The highest BCUT2D eigenvalue weighted by Crippen LogP contribution is 2.56. The molecule has 0 saturated carbocycles. The minimum absolute atomic E-state index is 0.000880. The molecule has 2 aliphatic heterocycles. The average molecular weight is 276 g/mol. The Balaban J connectivity index is 2.19. The first-order chi connectivity index (χ1) is 9.06. The Hall–Kier alpha value is -1.16. The third-order valence-electron chi connectivity index (χ3n) is 4.91. The summed E-state index contributed by atoms with van der Waals surface area (Å²) in [6.07, 6.45) is 4.08. The fourth-order valence-corrected chi connectivity index (χ4v) is 3.75. The van der Waals surface area contributed by atoms with Gasteiger partial charge in [0.1, 0.15) is 5.54 Å². The van der Waals surface area contributed by atoms with Gasteiger partial charge in [-0.15, -0.1) is 0 Å². The second kappa shape index (κ2) is 3.53. The Morgan fingerprint density at radius 2 is 1.90 bits per heavy atom. The number of Topliss-reactive ketones (excluding diaryl/α,β-unsaturated/α-hetero) is 1. The van der Waals surface area contributed by atoms with E-state index in [-0.39, 0.29) is 22.5 Å². The number of ether oxygens (including phenoxy) is 1. The molecule has 0 aromatic rings. The lowest BCUT2D eigenvalue weighted by atomic mass is 9.56. The van der Waals surface area contributed by atoms with Crippen LogP contribution in [0.2, 0.25) is 0 Å². The average Bonchev–Trinajstić information content (AvgIpc) is 2.92. The first-order valence-electron chi connectivity index (χ1n) is 7.28. The molecule has 3 rings (SSSR count). The van der Waals surface area contributed by atoms with Crippen molar-refractivity contribution in [3.63, 3.8) is 0 Å². The van der Waals surface area contributed by atoms with Crippen LogP contribution >= 0.6 is 0 Å². The number of hydrogen-bond donors (Lipinski definition) is 1. The molecular formula is C16H24N2O2. The molecule has 3 atom stereocenters. The maximum Gasteiger partial charge on any atom is 0.199 e. The molecule has 0 aromatic heterocycles. The molecule has 3 unspecified atom stereocenters. The second-order valence-corrected chi connectivity index (χ2v) is 8.25. The topological polar surface area (TPSA) is 54.0 Å². The molecule has 0 amide bonds. The summed E-state index contributed by atoms with van der Waals surface area (Å²) in [6.45, 7) is 13.2. The molecule has 1 fully saturated rings. The highest BCUT2D eigenvalue weighted by atomic mass is 16.6.